The molecule has 4 N–H and O–H groups in total. The normalized spacial score (nSPS) is 35.7. The van der Waals surface area contributed by atoms with Gasteiger partial charge < -0.3 is 25.4 Å². The molecular weight excluding hydrogens is 502 g/mol. The molecule has 4 fully saturated rings. The highest BCUT2D eigenvalue weighted by atomic mass is 16.5. The van der Waals surface area contributed by atoms with Crippen molar-refractivity contribution in [2.75, 3.05) is 13.2 Å². The summed E-state index contributed by atoms with van der Waals surface area (Å²) in [7, 11) is 0. The van der Waals surface area contributed by atoms with Gasteiger partial charge in [-0.25, -0.2) is 4.79 Å². The van der Waals surface area contributed by atoms with Crippen LogP contribution < -0.4 is 16.0 Å². The Morgan fingerprint density at radius 3 is 2.59 bits per heavy atom. The fourth-order valence-electron chi connectivity index (χ4n) is 6.30. The zero-order chi connectivity index (χ0) is 28.5. The van der Waals surface area contributed by atoms with E-state index in [0.29, 0.717) is 31.7 Å². The first kappa shape index (κ1) is 29.3. The molecule has 2 bridgehead atoms. The van der Waals surface area contributed by atoms with Gasteiger partial charge in [-0.15, -0.1) is 0 Å². The van der Waals surface area contributed by atoms with Crippen molar-refractivity contribution in [3.05, 3.63) is 0 Å². The molecule has 39 heavy (non-hydrogen) atoms. The van der Waals surface area contributed by atoms with E-state index in [1.807, 2.05) is 27.7 Å². The highest BCUT2D eigenvalue weighted by Crippen LogP contribution is 2.37. The molecule has 11 nitrogen and oxygen atoms in total. The smallest absolute Gasteiger partial charge is 0.328 e. The van der Waals surface area contributed by atoms with Gasteiger partial charge in [-0.05, 0) is 61.7 Å². The Hall–Kier alpha value is -2.71. The minimum atomic E-state index is -1.21. The predicted molar refractivity (Wildman–Crippen MR) is 140 cm³/mol. The fourth-order valence-corrected chi connectivity index (χ4v) is 6.30. The van der Waals surface area contributed by atoms with Crippen LogP contribution in [0.2, 0.25) is 0 Å². The molecule has 4 rings (SSSR count). The van der Waals surface area contributed by atoms with Gasteiger partial charge in [-0.2, -0.15) is 5.26 Å². The van der Waals surface area contributed by atoms with Crippen LogP contribution in [0.3, 0.4) is 0 Å². The van der Waals surface area contributed by atoms with Gasteiger partial charge in [0.2, 0.25) is 17.7 Å². The van der Waals surface area contributed by atoms with Crippen LogP contribution in [0.1, 0.15) is 72.6 Å². The molecule has 3 amide bonds. The average molecular weight is 546 g/mol. The summed E-state index contributed by atoms with van der Waals surface area (Å²) < 4.78 is 5.51. The maximum atomic E-state index is 14.2. The van der Waals surface area contributed by atoms with E-state index in [1.165, 1.54) is 0 Å². The largest absolute Gasteiger partial charge is 0.464 e. The molecule has 3 heterocycles. The third kappa shape index (κ3) is 6.72. The Labute approximate surface area is 230 Å². The molecule has 0 spiro atoms. The summed E-state index contributed by atoms with van der Waals surface area (Å²) in [6.45, 7) is 8.25. The lowest BCUT2D eigenvalue weighted by molar-refractivity contribution is -0.148. The molecule has 0 aromatic rings. The van der Waals surface area contributed by atoms with Gasteiger partial charge in [0.25, 0.3) is 0 Å². The van der Waals surface area contributed by atoms with E-state index < -0.39 is 47.7 Å². The van der Waals surface area contributed by atoms with E-state index in [4.69, 9.17) is 4.74 Å². The van der Waals surface area contributed by atoms with Crippen LogP contribution in [0.5, 0.6) is 0 Å². The summed E-state index contributed by atoms with van der Waals surface area (Å²) in [5.41, 5.74) is -0.775. The second kappa shape index (κ2) is 11.8. The number of nitriles is 1. The van der Waals surface area contributed by atoms with Crippen LogP contribution in [0.25, 0.3) is 0 Å². The first-order valence-electron chi connectivity index (χ1n) is 14.3. The molecule has 11 heteroatoms. The van der Waals surface area contributed by atoms with Crippen molar-refractivity contribution in [2.24, 2.45) is 29.1 Å². The minimum absolute atomic E-state index is 0.0220. The molecule has 2 unspecified atom stereocenters. The van der Waals surface area contributed by atoms with Crippen LogP contribution in [-0.2, 0) is 23.9 Å². The monoisotopic (exact) mass is 545 g/mol. The van der Waals surface area contributed by atoms with Gasteiger partial charge in [-0.3, -0.25) is 19.7 Å². The van der Waals surface area contributed by atoms with Crippen LogP contribution in [0.4, 0.5) is 0 Å². The number of hydrogen-bond donors (Lipinski definition) is 4. The summed E-state index contributed by atoms with van der Waals surface area (Å²) in [4.78, 5) is 54.1. The van der Waals surface area contributed by atoms with E-state index in [-0.39, 0.29) is 49.0 Å². The molecule has 3 aliphatic heterocycles. The van der Waals surface area contributed by atoms with Crippen LogP contribution in [-0.4, -0.2) is 77.2 Å². The summed E-state index contributed by atoms with van der Waals surface area (Å²) in [5, 5.41) is 29.9. The number of rotatable bonds is 4. The van der Waals surface area contributed by atoms with Gasteiger partial charge >= 0.3 is 5.97 Å². The Morgan fingerprint density at radius 2 is 1.95 bits per heavy atom. The van der Waals surface area contributed by atoms with Crippen LogP contribution >= 0.6 is 0 Å². The van der Waals surface area contributed by atoms with Crippen molar-refractivity contribution >= 4 is 23.7 Å². The van der Waals surface area contributed by atoms with Gasteiger partial charge in [0, 0.05) is 18.9 Å². The lowest BCUT2D eigenvalue weighted by Crippen LogP contribution is -2.61. The van der Waals surface area contributed by atoms with E-state index in [9.17, 15) is 29.5 Å². The van der Waals surface area contributed by atoms with E-state index in [1.54, 1.807) is 4.90 Å². The zero-order valence-electron chi connectivity index (χ0n) is 23.4. The van der Waals surface area contributed by atoms with E-state index in [2.05, 4.69) is 22.0 Å². The summed E-state index contributed by atoms with van der Waals surface area (Å²) in [6, 6.07) is -1.05. The number of carbonyl (C=O) groups excluding carboxylic acids is 4. The number of aliphatic hydroxyl groups excluding tert-OH is 1. The predicted octanol–water partition coefficient (Wildman–Crippen LogP) is 0.812. The van der Waals surface area contributed by atoms with Gasteiger partial charge in [0.05, 0.1) is 24.8 Å². The Bertz CT molecular complexity index is 1000. The number of hydrogen-bond acceptors (Lipinski definition) is 8. The molecule has 3 saturated heterocycles. The molecule has 1 saturated carbocycles. The highest BCUT2D eigenvalue weighted by molar-refractivity contribution is 5.90. The quantitative estimate of drug-likeness (QED) is 0.378. The first-order chi connectivity index (χ1) is 18.4. The molecule has 0 aromatic heterocycles. The highest BCUT2D eigenvalue weighted by Gasteiger charge is 2.48. The lowest BCUT2D eigenvalue weighted by Gasteiger charge is -2.40. The number of cyclic esters (lactones) is 1. The topological polar surface area (TPSA) is 161 Å². The lowest BCUT2D eigenvalue weighted by atomic mass is 9.80. The number of aliphatic hydroxyl groups is 1. The third-order valence-electron chi connectivity index (χ3n) is 9.00. The zero-order valence-corrected chi connectivity index (χ0v) is 23.4. The van der Waals surface area contributed by atoms with Gasteiger partial charge in [-0.1, -0.05) is 27.7 Å². The van der Waals surface area contributed by atoms with Crippen molar-refractivity contribution in [3.63, 3.8) is 0 Å². The summed E-state index contributed by atoms with van der Waals surface area (Å²) in [6.07, 6.45) is 2.48. The van der Waals surface area contributed by atoms with Crippen molar-refractivity contribution in [2.45, 2.75) is 103 Å². The van der Waals surface area contributed by atoms with Crippen molar-refractivity contribution in [1.29, 1.82) is 5.26 Å². The molecule has 0 radical (unpaired) electrons. The number of amides is 3. The van der Waals surface area contributed by atoms with Crippen molar-refractivity contribution in [3.8, 4) is 6.07 Å². The third-order valence-corrected chi connectivity index (χ3v) is 9.00. The molecule has 7 atom stereocenters. The van der Waals surface area contributed by atoms with Crippen molar-refractivity contribution < 1.29 is 29.0 Å². The minimum Gasteiger partial charge on any atom is -0.464 e. The average Bonchev–Trinajstić information content (AvgIpc) is 3.43. The fraction of sp³-hybridized carbons (Fsp3) is 0.821. The number of ether oxygens (including phenoxy) is 1. The maximum absolute atomic E-state index is 14.2. The molecule has 4 aliphatic rings. The van der Waals surface area contributed by atoms with Crippen LogP contribution in [0.15, 0.2) is 0 Å². The molecule has 1 aliphatic carbocycles. The number of fused-ring (bicyclic) bond motifs is 3. The van der Waals surface area contributed by atoms with Crippen LogP contribution in [0, 0.1) is 40.4 Å². The summed E-state index contributed by atoms with van der Waals surface area (Å²) >= 11 is 0. The maximum Gasteiger partial charge on any atom is 0.328 e. The second-order valence-electron chi connectivity index (χ2n) is 12.8. The van der Waals surface area contributed by atoms with Crippen molar-refractivity contribution in [1.82, 2.24) is 20.9 Å². The molecular formula is C28H43N5O6. The summed E-state index contributed by atoms with van der Waals surface area (Å²) in [5.74, 6) is -1.46. The standard InChI is InChI=1S/C28H43N5O6/c1-15(2)19-7-9-33-22(19)25(36)30-18(14-29)12-17-13-20(31-24(17)35)27(38)39-10-8-28(3,4)23(26(33)37)32-21(34)11-16-5-6-16/h15-20,22-23,25,30,36H,5-13H2,1-4H3,(H,31,35)(H,32,34)/t17-,18?,19-,20+,22+,23-,25?/m1/s1. The number of nitrogens with zero attached hydrogens (tertiary/aromatic N) is 2. The SMILES string of the molecule is CC(C)[C@H]1CCN2C(=O)[C@@H](NC(=O)CC3CC3)C(C)(C)CCOC(=O)[C@@H]3C[C@@H](CC(C#N)NC(O)[C@H]12)C(=O)N3. The Kier molecular flexibility index (Phi) is 8.86. The number of esters is 1. The van der Waals surface area contributed by atoms with E-state index in [0.717, 1.165) is 12.8 Å². The number of nitrogens with one attached hydrogen (secondary N) is 3. The Morgan fingerprint density at radius 1 is 1.23 bits per heavy atom. The first-order valence-corrected chi connectivity index (χ1v) is 14.3. The van der Waals surface area contributed by atoms with E-state index >= 15 is 0 Å². The second-order valence-corrected chi connectivity index (χ2v) is 12.8. The number of carbonyl (C=O) groups is 4. The van der Waals surface area contributed by atoms with Gasteiger partial charge in [0.1, 0.15) is 18.3 Å². The Balaban J connectivity index is 1.66. The molecule has 216 valence electrons. The van der Waals surface area contributed by atoms with Gasteiger partial charge in [0.15, 0.2) is 0 Å². The molecule has 0 aromatic carbocycles.